The lowest BCUT2D eigenvalue weighted by molar-refractivity contribution is -0.133. The predicted octanol–water partition coefficient (Wildman–Crippen LogP) is 0.999. The minimum absolute atomic E-state index is 0.0770. The topological polar surface area (TPSA) is 83.7 Å². The number of carboxylic acids is 1. The Balaban J connectivity index is 1.80. The molecular weight excluding hydrogens is 306 g/mol. The van der Waals surface area contributed by atoms with Gasteiger partial charge in [0.05, 0.1) is 18.4 Å². The highest BCUT2D eigenvalue weighted by Gasteiger charge is 2.55. The van der Waals surface area contributed by atoms with E-state index >= 15 is 0 Å². The van der Waals surface area contributed by atoms with Crippen molar-refractivity contribution in [2.75, 3.05) is 6.26 Å². The summed E-state index contributed by atoms with van der Waals surface area (Å²) in [6.07, 6.45) is 2.16. The van der Waals surface area contributed by atoms with E-state index in [9.17, 15) is 18.3 Å². The zero-order valence-corrected chi connectivity index (χ0v) is 12.9. The van der Waals surface area contributed by atoms with E-state index in [0.717, 1.165) is 11.8 Å². The smallest absolute Gasteiger partial charge is 0.331 e. The molecule has 1 aliphatic heterocycles. The Labute approximate surface area is 129 Å². The number of hydrogen-bond acceptors (Lipinski definition) is 5. The fourth-order valence-corrected chi connectivity index (χ4v) is 3.67. The fraction of sp³-hybridized carbons (Fsp3) is 0.400. The van der Waals surface area contributed by atoms with Gasteiger partial charge in [0.1, 0.15) is 0 Å². The van der Waals surface area contributed by atoms with Gasteiger partial charge >= 0.3 is 5.97 Å². The van der Waals surface area contributed by atoms with Gasteiger partial charge in [0, 0.05) is 24.6 Å². The number of rotatable bonds is 5. The van der Waals surface area contributed by atoms with Crippen molar-refractivity contribution in [1.82, 2.24) is 4.90 Å². The summed E-state index contributed by atoms with van der Waals surface area (Å²) in [5.41, 5.74) is 1.31. The van der Waals surface area contributed by atoms with Crippen molar-refractivity contribution in [3.8, 4) is 0 Å². The monoisotopic (exact) mass is 323 g/mol. The zero-order chi connectivity index (χ0) is 15.9. The Bertz CT molecular complexity index is 713. The predicted molar refractivity (Wildman–Crippen MR) is 79.6 cm³/mol. The highest BCUT2D eigenvalue weighted by molar-refractivity contribution is 7.86. The average Bonchev–Trinajstić information content (AvgIpc) is 3.11. The van der Waals surface area contributed by atoms with Gasteiger partial charge in [0.15, 0.2) is 0 Å². The minimum Gasteiger partial charge on any atom is -0.478 e. The summed E-state index contributed by atoms with van der Waals surface area (Å²) in [5, 5.41) is 9.17. The first-order valence-electron chi connectivity index (χ1n) is 6.97. The summed E-state index contributed by atoms with van der Waals surface area (Å²) >= 11 is 0. The SMILES string of the molecule is CS(=O)(=O)OC1CC(C(=O)O)=CC2C1N2Cc1ccccc1. The van der Waals surface area contributed by atoms with Crippen LogP contribution in [0.1, 0.15) is 12.0 Å². The molecule has 22 heavy (non-hydrogen) atoms. The second-order valence-electron chi connectivity index (χ2n) is 5.68. The Morgan fingerprint density at radius 2 is 2.05 bits per heavy atom. The molecule has 118 valence electrons. The highest BCUT2D eigenvalue weighted by atomic mass is 32.2. The van der Waals surface area contributed by atoms with Gasteiger partial charge in [-0.3, -0.25) is 9.08 Å². The number of carbonyl (C=O) groups is 1. The van der Waals surface area contributed by atoms with Crippen LogP contribution in [0.2, 0.25) is 0 Å². The van der Waals surface area contributed by atoms with Gasteiger partial charge in [-0.05, 0) is 5.56 Å². The van der Waals surface area contributed by atoms with Crippen LogP contribution in [0.25, 0.3) is 0 Å². The Morgan fingerprint density at radius 3 is 2.64 bits per heavy atom. The van der Waals surface area contributed by atoms with Crippen LogP contribution in [0.4, 0.5) is 0 Å². The maximum Gasteiger partial charge on any atom is 0.331 e. The molecule has 1 N–H and O–H groups in total. The van der Waals surface area contributed by atoms with Crippen LogP contribution in [-0.2, 0) is 25.6 Å². The van der Waals surface area contributed by atoms with E-state index in [1.54, 1.807) is 6.08 Å². The lowest BCUT2D eigenvalue weighted by atomic mass is 9.97. The first-order valence-corrected chi connectivity index (χ1v) is 8.79. The van der Waals surface area contributed by atoms with Crippen molar-refractivity contribution >= 4 is 16.1 Å². The number of aliphatic carboxylic acids is 1. The highest BCUT2D eigenvalue weighted by Crippen LogP contribution is 2.42. The maximum atomic E-state index is 11.4. The quantitative estimate of drug-likeness (QED) is 0.643. The molecule has 0 saturated carbocycles. The lowest BCUT2D eigenvalue weighted by Crippen LogP contribution is -2.30. The molecule has 0 aromatic heterocycles. The van der Waals surface area contributed by atoms with Gasteiger partial charge in [-0.15, -0.1) is 0 Å². The minimum atomic E-state index is -3.62. The molecule has 1 aromatic rings. The maximum absolute atomic E-state index is 11.4. The Kier molecular flexibility index (Phi) is 3.80. The van der Waals surface area contributed by atoms with Crippen molar-refractivity contribution < 1.29 is 22.5 Å². The lowest BCUT2D eigenvalue weighted by Gasteiger charge is -2.18. The third-order valence-corrected chi connectivity index (χ3v) is 4.58. The van der Waals surface area contributed by atoms with Crippen LogP contribution in [0.3, 0.4) is 0 Å². The number of carboxylic acid groups (broad SMARTS) is 1. The Morgan fingerprint density at radius 1 is 1.36 bits per heavy atom. The van der Waals surface area contributed by atoms with Crippen LogP contribution < -0.4 is 0 Å². The standard InChI is InChI=1S/C15H17NO5S/c1-22(19,20)21-13-8-11(15(17)18)7-12-14(13)16(12)9-10-5-3-2-4-6-10/h2-7,12-14H,8-9H2,1H3,(H,17,18). The van der Waals surface area contributed by atoms with Gasteiger partial charge in [-0.25, -0.2) is 4.79 Å². The van der Waals surface area contributed by atoms with Crippen molar-refractivity contribution in [1.29, 1.82) is 0 Å². The summed E-state index contributed by atoms with van der Waals surface area (Å²) in [7, 11) is -3.62. The summed E-state index contributed by atoms with van der Waals surface area (Å²) < 4.78 is 27.9. The van der Waals surface area contributed by atoms with Crippen LogP contribution in [0, 0.1) is 0 Å². The van der Waals surface area contributed by atoms with Crippen LogP contribution >= 0.6 is 0 Å². The summed E-state index contributed by atoms with van der Waals surface area (Å²) in [6, 6.07) is 9.61. The van der Waals surface area contributed by atoms with Crippen molar-refractivity contribution in [2.24, 2.45) is 0 Å². The normalized spacial score (nSPS) is 30.3. The molecule has 1 aliphatic carbocycles. The molecule has 0 radical (unpaired) electrons. The van der Waals surface area contributed by atoms with Crippen molar-refractivity contribution in [2.45, 2.75) is 31.2 Å². The zero-order valence-electron chi connectivity index (χ0n) is 12.0. The van der Waals surface area contributed by atoms with E-state index in [2.05, 4.69) is 4.90 Å². The second-order valence-corrected chi connectivity index (χ2v) is 7.28. The number of hydrogen-bond donors (Lipinski definition) is 1. The van der Waals surface area contributed by atoms with Gasteiger partial charge < -0.3 is 5.11 Å². The molecule has 0 spiro atoms. The Hall–Kier alpha value is -1.70. The van der Waals surface area contributed by atoms with E-state index in [1.165, 1.54) is 0 Å². The molecule has 3 rings (SSSR count). The van der Waals surface area contributed by atoms with E-state index in [1.807, 2.05) is 30.3 Å². The first kappa shape index (κ1) is 15.2. The van der Waals surface area contributed by atoms with Crippen LogP contribution in [-0.4, -0.2) is 48.8 Å². The van der Waals surface area contributed by atoms with Crippen molar-refractivity contribution in [3.05, 3.63) is 47.5 Å². The second kappa shape index (κ2) is 5.49. The molecule has 2 aliphatic rings. The molecule has 4 atom stereocenters. The summed E-state index contributed by atoms with van der Waals surface area (Å²) in [5.74, 6) is -1.02. The van der Waals surface area contributed by atoms with Crippen molar-refractivity contribution in [3.63, 3.8) is 0 Å². The van der Waals surface area contributed by atoms with Gasteiger partial charge in [-0.1, -0.05) is 36.4 Å². The average molecular weight is 323 g/mol. The third-order valence-electron chi connectivity index (χ3n) is 3.98. The third kappa shape index (κ3) is 3.21. The van der Waals surface area contributed by atoms with E-state index in [-0.39, 0.29) is 24.1 Å². The molecule has 6 nitrogen and oxygen atoms in total. The van der Waals surface area contributed by atoms with Crippen LogP contribution in [0.5, 0.6) is 0 Å². The summed E-state index contributed by atoms with van der Waals surface area (Å²) in [6.45, 7) is 0.642. The molecular formula is C15H17NO5S. The molecule has 1 aromatic carbocycles. The number of benzene rings is 1. The van der Waals surface area contributed by atoms with Gasteiger partial charge in [0.2, 0.25) is 0 Å². The molecule has 1 heterocycles. The molecule has 1 saturated heterocycles. The van der Waals surface area contributed by atoms with E-state index in [4.69, 9.17) is 4.18 Å². The molecule has 7 heteroatoms. The largest absolute Gasteiger partial charge is 0.478 e. The molecule has 0 bridgehead atoms. The number of nitrogens with zero attached hydrogens (tertiary/aromatic N) is 1. The summed E-state index contributed by atoms with van der Waals surface area (Å²) in [4.78, 5) is 13.3. The van der Waals surface area contributed by atoms with E-state index < -0.39 is 22.2 Å². The molecule has 1 fully saturated rings. The number of fused-ring (bicyclic) bond motifs is 1. The molecule has 4 unspecified atom stereocenters. The van der Waals surface area contributed by atoms with E-state index in [0.29, 0.717) is 6.54 Å². The van der Waals surface area contributed by atoms with Crippen LogP contribution in [0.15, 0.2) is 42.0 Å². The van der Waals surface area contributed by atoms with Gasteiger partial charge in [0.25, 0.3) is 10.1 Å². The molecule has 0 amide bonds. The fourth-order valence-electron chi connectivity index (χ4n) is 3.04. The first-order chi connectivity index (χ1) is 10.3. The van der Waals surface area contributed by atoms with Gasteiger partial charge in [-0.2, -0.15) is 8.42 Å².